The lowest BCUT2D eigenvalue weighted by Gasteiger charge is -2.20. The van der Waals surface area contributed by atoms with Crippen LogP contribution in [-0.2, 0) is 44.9 Å². The fourth-order valence-electron chi connectivity index (χ4n) is 23.3. The van der Waals surface area contributed by atoms with Crippen LogP contribution in [0.25, 0.3) is 11.4 Å². The zero-order valence-corrected chi connectivity index (χ0v) is 97.5. The fourth-order valence-corrected chi connectivity index (χ4v) is 23.3. The van der Waals surface area contributed by atoms with E-state index < -0.39 is 0 Å². The predicted molar refractivity (Wildman–Crippen MR) is 641 cm³/mol. The maximum atomic E-state index is 5.56. The third-order valence-electron chi connectivity index (χ3n) is 32.9. The van der Waals surface area contributed by atoms with E-state index >= 15 is 0 Å². The zero-order chi connectivity index (χ0) is 101. The first-order chi connectivity index (χ1) is 70.5. The van der Waals surface area contributed by atoms with Gasteiger partial charge in [0.25, 0.3) is 0 Å². The van der Waals surface area contributed by atoms with Crippen molar-refractivity contribution in [1.82, 2.24) is 15.0 Å². The van der Waals surface area contributed by atoms with Crippen LogP contribution in [0.4, 0.5) is 23.3 Å². The number of hydrogen-bond acceptors (Lipinski definition) is 5. The molecule has 5 heteroatoms. The summed E-state index contributed by atoms with van der Waals surface area (Å²) in [5, 5.41) is 8.11. The molecular weight excluding hydrogens is 1720 g/mol. The van der Waals surface area contributed by atoms with Gasteiger partial charge in [-0.15, -0.1) is 0 Å². The van der Waals surface area contributed by atoms with Crippen molar-refractivity contribution in [3.05, 3.63) is 87.5 Å². The molecule has 0 aliphatic heterocycles. The van der Waals surface area contributed by atoms with E-state index in [2.05, 4.69) is 108 Å². The molecular formula is C137H249N5. The van der Waals surface area contributed by atoms with Gasteiger partial charge in [0.2, 0.25) is 11.9 Å². The number of nitrogens with one attached hydrogen (secondary N) is 2. The van der Waals surface area contributed by atoms with Gasteiger partial charge in [0.05, 0.1) is 0 Å². The summed E-state index contributed by atoms with van der Waals surface area (Å²) in [6.07, 6.45) is 152. The molecule has 0 aliphatic rings. The second kappa shape index (κ2) is 103. The van der Waals surface area contributed by atoms with Crippen molar-refractivity contribution in [2.45, 2.75) is 748 Å². The third kappa shape index (κ3) is 78.5. The van der Waals surface area contributed by atoms with Gasteiger partial charge in [0.15, 0.2) is 5.82 Å². The van der Waals surface area contributed by atoms with Crippen LogP contribution in [-0.4, -0.2) is 15.0 Å². The van der Waals surface area contributed by atoms with E-state index in [0.717, 1.165) is 43.5 Å². The molecule has 4 rings (SSSR count). The summed E-state index contributed by atoms with van der Waals surface area (Å²) >= 11 is 0. The van der Waals surface area contributed by atoms with E-state index in [4.69, 9.17) is 15.0 Å². The minimum absolute atomic E-state index is 0.656. The molecule has 0 spiro atoms. The van der Waals surface area contributed by atoms with E-state index in [-0.39, 0.29) is 0 Å². The Bertz CT molecular complexity index is 2930. The van der Waals surface area contributed by atoms with Gasteiger partial charge in [-0.1, -0.05) is 689 Å². The molecule has 2 N–H and O–H groups in total. The number of anilines is 4. The molecule has 822 valence electrons. The molecule has 0 saturated heterocycles. The molecule has 0 atom stereocenters. The SMILES string of the molecule is CCCCCCCCCCCCCCCCCCCc1cc(Nc2nc(Nc3cc(CCCCCCCCCCCCCCCCCCC)c(CCCCCCCCCCCCCCCCCCC)c(CCCCCCCCCCCCCCCCCCC)c3)nc(-c3ccc(CC)cc3)n2)cc(CCCCCCCCCCCCCCCCCCC)c1CCCCCCCCCCCCCCCCCCC. The van der Waals surface area contributed by atoms with Crippen molar-refractivity contribution in [2.75, 3.05) is 10.6 Å². The summed E-state index contributed by atoms with van der Waals surface area (Å²) in [5.74, 6) is 2.06. The lowest BCUT2D eigenvalue weighted by molar-refractivity contribution is 0.525. The van der Waals surface area contributed by atoms with Crippen LogP contribution < -0.4 is 10.6 Å². The Morgan fingerprint density at radius 1 is 0.155 bits per heavy atom. The number of rotatable bonds is 114. The Balaban J connectivity index is 1.69. The molecule has 4 aromatic rings. The summed E-state index contributed by atoms with van der Waals surface area (Å²) in [6.45, 7) is 16.3. The van der Waals surface area contributed by atoms with Crippen LogP contribution in [0, 0.1) is 0 Å². The quantitative estimate of drug-likeness (QED) is 0.0431. The molecule has 0 aliphatic carbocycles. The number of hydrogen-bond donors (Lipinski definition) is 2. The smallest absolute Gasteiger partial charge is 0.232 e. The molecule has 0 radical (unpaired) electrons. The first-order valence-corrected chi connectivity index (χ1v) is 66.1. The molecule has 1 aromatic heterocycles. The summed E-state index contributed by atoms with van der Waals surface area (Å²) in [5.41, 5.74) is 14.5. The first-order valence-electron chi connectivity index (χ1n) is 66.1. The van der Waals surface area contributed by atoms with E-state index in [1.807, 2.05) is 0 Å². The Morgan fingerprint density at radius 2 is 0.296 bits per heavy atom. The largest absolute Gasteiger partial charge is 0.324 e. The Morgan fingerprint density at radius 3 is 0.444 bits per heavy atom. The van der Waals surface area contributed by atoms with Gasteiger partial charge in [-0.05, 0) is 147 Å². The van der Waals surface area contributed by atoms with Gasteiger partial charge in [-0.2, -0.15) is 15.0 Å². The fraction of sp³-hybridized carbons (Fsp3) is 0.847. The van der Waals surface area contributed by atoms with Gasteiger partial charge in [-0.3, -0.25) is 0 Å². The van der Waals surface area contributed by atoms with Gasteiger partial charge in [0.1, 0.15) is 0 Å². The number of benzene rings is 3. The second-order valence-electron chi connectivity index (χ2n) is 46.6. The minimum Gasteiger partial charge on any atom is -0.324 e. The molecule has 3 aromatic carbocycles. The van der Waals surface area contributed by atoms with Crippen molar-refractivity contribution < 1.29 is 0 Å². The normalized spacial score (nSPS) is 11.7. The highest BCUT2D eigenvalue weighted by Gasteiger charge is 2.19. The standard InChI is InChI=1S/C137H249N5/c1-8-15-21-27-33-39-45-51-57-63-69-75-81-87-93-99-105-111-127-121-131(122-128(112-106-100-94-88-82-76-70-64-58-52-46-40-34-28-22-16-9-2)133(127)115-109-103-97-91-85-79-73-67-61-55-49-43-37-31-25-19-12-5)138-136-140-135(126-119-117-125(14-7)118-120-126)141-137(142-136)139-132-123-129(113-107-101-95-89-83-77-71-65-59-53-47-41-35-29-23-17-10-3)134(116-110-104-98-92-86-80-74-68-62-56-50-44-38-32-26-20-13-6)130(124-132)114-108-102-96-90-84-78-72-66-60-54-48-42-36-30-24-18-11-4/h117-124H,8-116H2,1-7H3,(H2,138,139,140,141,142). The van der Waals surface area contributed by atoms with Crippen molar-refractivity contribution in [1.29, 1.82) is 0 Å². The highest BCUT2D eigenvalue weighted by Crippen LogP contribution is 2.35. The Hall–Kier alpha value is -3.73. The lowest BCUT2D eigenvalue weighted by Crippen LogP contribution is -2.09. The monoisotopic (exact) mass is 1960 g/mol. The van der Waals surface area contributed by atoms with Crippen molar-refractivity contribution in [3.8, 4) is 11.4 Å². The molecule has 0 bridgehead atoms. The van der Waals surface area contributed by atoms with Gasteiger partial charge in [0, 0.05) is 16.9 Å². The molecule has 0 amide bonds. The second-order valence-corrected chi connectivity index (χ2v) is 46.6. The summed E-state index contributed by atoms with van der Waals surface area (Å²) < 4.78 is 0. The lowest BCUT2D eigenvalue weighted by atomic mass is 9.89. The van der Waals surface area contributed by atoms with Crippen molar-refractivity contribution in [2.24, 2.45) is 0 Å². The van der Waals surface area contributed by atoms with Crippen molar-refractivity contribution >= 4 is 23.3 Å². The first kappa shape index (κ1) is 131. The van der Waals surface area contributed by atoms with E-state index in [1.165, 1.54) is 685 Å². The highest BCUT2D eigenvalue weighted by molar-refractivity contribution is 5.66. The van der Waals surface area contributed by atoms with Gasteiger partial charge < -0.3 is 10.6 Å². The van der Waals surface area contributed by atoms with Crippen LogP contribution in [0.3, 0.4) is 0 Å². The van der Waals surface area contributed by atoms with Crippen molar-refractivity contribution in [3.63, 3.8) is 0 Å². The van der Waals surface area contributed by atoms with Gasteiger partial charge >= 0.3 is 0 Å². The molecule has 5 nitrogen and oxygen atoms in total. The molecule has 0 unspecified atom stereocenters. The molecule has 0 fully saturated rings. The van der Waals surface area contributed by atoms with Crippen LogP contribution in [0.5, 0.6) is 0 Å². The Kier molecular flexibility index (Phi) is 94.7. The molecule has 1 heterocycles. The number of nitrogens with zero attached hydrogens (tertiary/aromatic N) is 3. The van der Waals surface area contributed by atoms with Crippen LogP contribution >= 0.6 is 0 Å². The average Bonchev–Trinajstić information content (AvgIpc) is 0.801. The van der Waals surface area contributed by atoms with Gasteiger partial charge in [-0.25, -0.2) is 0 Å². The van der Waals surface area contributed by atoms with E-state index in [1.54, 1.807) is 33.4 Å². The predicted octanol–water partition coefficient (Wildman–Crippen LogP) is 48.8. The maximum absolute atomic E-state index is 5.56. The topological polar surface area (TPSA) is 62.7 Å². The molecule has 142 heavy (non-hydrogen) atoms. The average molecular weight is 1970 g/mol. The summed E-state index contributed by atoms with van der Waals surface area (Å²) in [4.78, 5) is 16.5. The van der Waals surface area contributed by atoms with Crippen LogP contribution in [0.2, 0.25) is 0 Å². The number of unbranched alkanes of at least 4 members (excludes halogenated alkanes) is 96. The maximum Gasteiger partial charge on any atom is 0.232 e. The summed E-state index contributed by atoms with van der Waals surface area (Å²) in [6, 6.07) is 19.5. The highest BCUT2D eigenvalue weighted by atomic mass is 15.2. The number of aryl methyl sites for hydroxylation is 5. The van der Waals surface area contributed by atoms with E-state index in [0.29, 0.717) is 11.9 Å². The Labute approximate surface area is 890 Å². The van der Waals surface area contributed by atoms with Crippen LogP contribution in [0.1, 0.15) is 742 Å². The minimum atomic E-state index is 0.656. The summed E-state index contributed by atoms with van der Waals surface area (Å²) in [7, 11) is 0. The third-order valence-corrected chi connectivity index (χ3v) is 32.9. The zero-order valence-electron chi connectivity index (χ0n) is 97.5. The van der Waals surface area contributed by atoms with Crippen LogP contribution in [0.15, 0.2) is 48.5 Å². The molecule has 0 saturated carbocycles. The number of aromatic nitrogens is 3. The van der Waals surface area contributed by atoms with E-state index in [9.17, 15) is 0 Å².